The Balaban J connectivity index is 1.47. The summed E-state index contributed by atoms with van der Waals surface area (Å²) in [5.41, 5.74) is 0. The fourth-order valence-electron chi connectivity index (χ4n) is 7.43. The molecule has 1 atom stereocenters. The van der Waals surface area contributed by atoms with Crippen LogP contribution in [-0.2, 0) is 0 Å². The molecular formula is C43H29P. The predicted octanol–water partition coefficient (Wildman–Crippen LogP) is 10.3. The van der Waals surface area contributed by atoms with Gasteiger partial charge in [-0.3, -0.25) is 0 Å². The molecule has 206 valence electrons. The Kier molecular flexibility index (Phi) is 5.58. The van der Waals surface area contributed by atoms with E-state index in [9.17, 15) is 0 Å². The Morgan fingerprint density at radius 3 is 1.66 bits per heavy atom. The highest BCUT2D eigenvalue weighted by Gasteiger charge is 2.27. The molecule has 0 aliphatic heterocycles. The van der Waals surface area contributed by atoms with Crippen molar-refractivity contribution in [3.8, 4) is 0 Å². The third-order valence-corrected chi connectivity index (χ3v) is 13.1. The van der Waals surface area contributed by atoms with Gasteiger partial charge in [-0.05, 0) is 93.5 Å². The van der Waals surface area contributed by atoms with Crippen LogP contribution in [-0.4, -0.2) is 6.30 Å². The number of benzene rings is 9. The molecule has 0 radical (unpaired) electrons. The topological polar surface area (TPSA) is 0 Å². The van der Waals surface area contributed by atoms with Crippen molar-refractivity contribution in [3.05, 3.63) is 164 Å². The standard InChI is InChI=1S/C43H29P/c1-44(32-14-3-2-4-15-32,41-21-11-20-39-38(41)27-25-31-23-22-30-13-6-8-17-34(30)43(31)39)42-28-40-33-16-7-5-12-29(33)24-26-36(40)35-18-9-10-19-37(35)42/h2-28H,1H2. The summed E-state index contributed by atoms with van der Waals surface area (Å²) < 4.78 is 0. The maximum absolute atomic E-state index is 5.32. The molecule has 0 aromatic heterocycles. The molecular weight excluding hydrogens is 547 g/mol. The first-order valence-corrected chi connectivity index (χ1v) is 17.2. The molecule has 0 aliphatic rings. The molecule has 0 spiro atoms. The SMILES string of the molecule is C=P(c1ccccc1)(c1cc2c3ccccc3ccc2c2ccccc12)c1cccc2c1ccc1ccc3ccccc3c12. The highest BCUT2D eigenvalue weighted by molar-refractivity contribution is 7.94. The van der Waals surface area contributed by atoms with E-state index < -0.39 is 6.89 Å². The van der Waals surface area contributed by atoms with Crippen LogP contribution in [0.15, 0.2) is 164 Å². The van der Waals surface area contributed by atoms with Gasteiger partial charge >= 0.3 is 0 Å². The molecule has 0 N–H and O–H groups in total. The van der Waals surface area contributed by atoms with Gasteiger partial charge in [0.1, 0.15) is 0 Å². The van der Waals surface area contributed by atoms with E-state index in [4.69, 9.17) is 6.30 Å². The molecule has 0 nitrogen and oxygen atoms in total. The highest BCUT2D eigenvalue weighted by Crippen LogP contribution is 2.48. The van der Waals surface area contributed by atoms with Crippen molar-refractivity contribution < 1.29 is 0 Å². The average molecular weight is 577 g/mol. The van der Waals surface area contributed by atoms with Gasteiger partial charge in [0.2, 0.25) is 0 Å². The van der Waals surface area contributed by atoms with Crippen LogP contribution >= 0.6 is 6.89 Å². The minimum absolute atomic E-state index is 1.26. The summed E-state index contributed by atoms with van der Waals surface area (Å²) in [5, 5.41) is 19.3. The zero-order valence-corrected chi connectivity index (χ0v) is 25.1. The van der Waals surface area contributed by atoms with Crippen molar-refractivity contribution >= 4 is 93.7 Å². The lowest BCUT2D eigenvalue weighted by molar-refractivity contribution is 1.76. The van der Waals surface area contributed by atoms with Crippen molar-refractivity contribution in [2.24, 2.45) is 0 Å². The van der Waals surface area contributed by atoms with Crippen molar-refractivity contribution in [3.63, 3.8) is 0 Å². The van der Waals surface area contributed by atoms with Crippen LogP contribution in [0.2, 0.25) is 0 Å². The zero-order valence-electron chi connectivity index (χ0n) is 24.2. The number of hydrogen-bond acceptors (Lipinski definition) is 0. The fourth-order valence-corrected chi connectivity index (χ4v) is 10.8. The van der Waals surface area contributed by atoms with Gasteiger partial charge in [-0.2, -0.15) is 0 Å². The van der Waals surface area contributed by atoms with E-state index >= 15 is 0 Å². The lowest BCUT2D eigenvalue weighted by Gasteiger charge is -2.30. The summed E-state index contributed by atoms with van der Waals surface area (Å²) in [7, 11) is 0. The Morgan fingerprint density at radius 2 is 0.841 bits per heavy atom. The molecule has 9 aromatic carbocycles. The maximum atomic E-state index is 5.32. The lowest BCUT2D eigenvalue weighted by atomic mass is 9.96. The van der Waals surface area contributed by atoms with Gasteiger partial charge < -0.3 is 0 Å². The normalized spacial score (nSPS) is 13.3. The highest BCUT2D eigenvalue weighted by atomic mass is 31.2. The fraction of sp³-hybridized carbons (Fsp3) is 0. The second-order valence-electron chi connectivity index (χ2n) is 11.8. The average Bonchev–Trinajstić information content (AvgIpc) is 3.10. The minimum atomic E-state index is -2.39. The van der Waals surface area contributed by atoms with Crippen LogP contribution in [0, 0.1) is 0 Å². The van der Waals surface area contributed by atoms with Gasteiger partial charge in [0.15, 0.2) is 0 Å². The second kappa shape index (κ2) is 9.68. The molecule has 0 heterocycles. The maximum Gasteiger partial charge on any atom is -0.00266 e. The molecule has 0 fully saturated rings. The molecule has 9 aromatic rings. The van der Waals surface area contributed by atoms with E-state index in [-0.39, 0.29) is 0 Å². The first-order valence-electron chi connectivity index (χ1n) is 15.2. The van der Waals surface area contributed by atoms with Crippen molar-refractivity contribution in [1.82, 2.24) is 0 Å². The van der Waals surface area contributed by atoms with E-state index in [0.717, 1.165) is 0 Å². The third-order valence-electron chi connectivity index (χ3n) is 9.51. The molecule has 0 bridgehead atoms. The summed E-state index contributed by atoms with van der Waals surface area (Å²) in [6.45, 7) is -2.39. The molecule has 0 amide bonds. The Morgan fingerprint density at radius 1 is 0.318 bits per heavy atom. The first-order chi connectivity index (χ1) is 21.7. The zero-order chi connectivity index (χ0) is 29.3. The quantitative estimate of drug-likeness (QED) is 0.145. The summed E-state index contributed by atoms with van der Waals surface area (Å²) in [4.78, 5) is 0. The van der Waals surface area contributed by atoms with Gasteiger partial charge in [0.25, 0.3) is 0 Å². The van der Waals surface area contributed by atoms with E-state index in [0.29, 0.717) is 0 Å². The van der Waals surface area contributed by atoms with Crippen LogP contribution in [0.4, 0.5) is 0 Å². The van der Waals surface area contributed by atoms with E-state index in [1.807, 2.05) is 0 Å². The van der Waals surface area contributed by atoms with Crippen LogP contribution in [0.5, 0.6) is 0 Å². The summed E-state index contributed by atoms with van der Waals surface area (Å²) in [6, 6.07) is 60.5. The van der Waals surface area contributed by atoms with E-state index in [1.165, 1.54) is 80.5 Å². The molecule has 0 saturated carbocycles. The van der Waals surface area contributed by atoms with Crippen molar-refractivity contribution in [1.29, 1.82) is 0 Å². The minimum Gasteiger partial charge on any atom is -0.0886 e. The molecule has 44 heavy (non-hydrogen) atoms. The van der Waals surface area contributed by atoms with Gasteiger partial charge in [0, 0.05) is 0 Å². The van der Waals surface area contributed by atoms with Crippen molar-refractivity contribution in [2.45, 2.75) is 0 Å². The Labute approximate surface area is 256 Å². The van der Waals surface area contributed by atoms with Crippen LogP contribution in [0.3, 0.4) is 0 Å². The predicted molar refractivity (Wildman–Crippen MR) is 197 cm³/mol. The first kappa shape index (κ1) is 25.3. The van der Waals surface area contributed by atoms with E-state index in [2.05, 4.69) is 164 Å². The lowest BCUT2D eigenvalue weighted by Crippen LogP contribution is -2.26. The molecule has 1 unspecified atom stereocenters. The molecule has 1 heteroatoms. The Hall–Kier alpha value is -5.16. The summed E-state index contributed by atoms with van der Waals surface area (Å²) in [6.07, 6.45) is 5.32. The smallest absolute Gasteiger partial charge is 0.00266 e. The second-order valence-corrected chi connectivity index (χ2v) is 14.9. The number of hydrogen-bond donors (Lipinski definition) is 0. The molecule has 9 rings (SSSR count). The number of rotatable bonds is 3. The van der Waals surface area contributed by atoms with E-state index in [1.54, 1.807) is 0 Å². The van der Waals surface area contributed by atoms with Crippen LogP contribution < -0.4 is 15.9 Å². The Bertz CT molecular complexity index is 2630. The van der Waals surface area contributed by atoms with Gasteiger partial charge in [-0.1, -0.05) is 164 Å². The van der Waals surface area contributed by atoms with Gasteiger partial charge in [-0.15, -0.1) is 0 Å². The van der Waals surface area contributed by atoms with Crippen molar-refractivity contribution in [2.75, 3.05) is 0 Å². The molecule has 0 saturated heterocycles. The van der Waals surface area contributed by atoms with Crippen LogP contribution in [0.1, 0.15) is 0 Å². The monoisotopic (exact) mass is 576 g/mol. The summed E-state index contributed by atoms with van der Waals surface area (Å²) in [5.74, 6) is 0. The van der Waals surface area contributed by atoms with Gasteiger partial charge in [-0.25, -0.2) is 0 Å². The third kappa shape index (κ3) is 3.59. The number of fused-ring (bicyclic) bond motifs is 10. The molecule has 0 aliphatic carbocycles. The summed E-state index contributed by atoms with van der Waals surface area (Å²) >= 11 is 0. The van der Waals surface area contributed by atoms with Crippen LogP contribution in [0.25, 0.3) is 64.6 Å². The van der Waals surface area contributed by atoms with Gasteiger partial charge in [0.05, 0.1) is 0 Å². The largest absolute Gasteiger partial charge is 0.0886 e.